The van der Waals surface area contributed by atoms with Crippen molar-refractivity contribution in [2.45, 2.75) is 12.5 Å². The number of fused-ring (bicyclic) bond motifs is 1. The molecule has 1 heterocycles. The minimum atomic E-state index is 0.148. The highest BCUT2D eigenvalue weighted by atomic mass is 79.9. The summed E-state index contributed by atoms with van der Waals surface area (Å²) in [5, 5.41) is 2.16. The van der Waals surface area contributed by atoms with Gasteiger partial charge in [-0.2, -0.15) is 0 Å². The number of amides is 1. The highest BCUT2D eigenvalue weighted by molar-refractivity contribution is 9.10. The number of rotatable bonds is 6. The second-order valence-electron chi connectivity index (χ2n) is 8.93. The van der Waals surface area contributed by atoms with Crippen molar-refractivity contribution in [3.05, 3.63) is 112 Å². The lowest BCUT2D eigenvalue weighted by Crippen LogP contribution is -2.50. The topological polar surface area (TPSA) is 32.8 Å². The highest BCUT2D eigenvalue weighted by Crippen LogP contribution is 2.32. The number of piperazine rings is 1. The largest absolute Gasteiger partial charge is 0.496 e. The molecule has 1 aliphatic rings. The average Bonchev–Trinajstić information content (AvgIpc) is 2.90. The van der Waals surface area contributed by atoms with Crippen molar-refractivity contribution in [2.24, 2.45) is 0 Å². The smallest absolute Gasteiger partial charge is 0.227 e. The van der Waals surface area contributed by atoms with Crippen molar-refractivity contribution >= 4 is 32.6 Å². The minimum Gasteiger partial charge on any atom is -0.496 e. The van der Waals surface area contributed by atoms with Gasteiger partial charge in [0, 0.05) is 36.2 Å². The van der Waals surface area contributed by atoms with E-state index < -0.39 is 0 Å². The molecule has 5 rings (SSSR count). The monoisotopic (exact) mass is 528 g/mol. The lowest BCUT2D eigenvalue weighted by atomic mass is 9.96. The minimum absolute atomic E-state index is 0.148. The van der Waals surface area contributed by atoms with E-state index in [4.69, 9.17) is 4.74 Å². The second kappa shape index (κ2) is 10.6. The predicted molar refractivity (Wildman–Crippen MR) is 145 cm³/mol. The first-order valence-electron chi connectivity index (χ1n) is 12.0. The molecule has 0 aliphatic carbocycles. The summed E-state index contributed by atoms with van der Waals surface area (Å²) in [5.41, 5.74) is 3.52. The number of benzene rings is 4. The van der Waals surface area contributed by atoms with Gasteiger partial charge in [0.1, 0.15) is 5.75 Å². The van der Waals surface area contributed by atoms with Gasteiger partial charge in [-0.25, -0.2) is 0 Å². The van der Waals surface area contributed by atoms with E-state index in [0.717, 1.165) is 39.6 Å². The molecule has 1 amide bonds. The molecule has 4 aromatic carbocycles. The van der Waals surface area contributed by atoms with Crippen molar-refractivity contribution in [3.63, 3.8) is 0 Å². The zero-order chi connectivity index (χ0) is 24.2. The van der Waals surface area contributed by atoms with E-state index in [-0.39, 0.29) is 11.9 Å². The molecule has 0 bridgehead atoms. The Hall–Kier alpha value is -3.15. The van der Waals surface area contributed by atoms with E-state index in [1.807, 2.05) is 23.1 Å². The van der Waals surface area contributed by atoms with Crippen LogP contribution in [-0.4, -0.2) is 49.0 Å². The molecule has 0 N–H and O–H groups in total. The third-order valence-electron chi connectivity index (χ3n) is 6.86. The van der Waals surface area contributed by atoms with E-state index in [1.54, 1.807) is 7.11 Å². The maximum atomic E-state index is 13.4. The summed E-state index contributed by atoms with van der Waals surface area (Å²) in [5.74, 6) is 0.911. The number of carbonyl (C=O) groups is 1. The molecule has 1 aliphatic heterocycles. The molecule has 4 nitrogen and oxygen atoms in total. The summed E-state index contributed by atoms with van der Waals surface area (Å²) < 4.78 is 6.65. The summed E-state index contributed by atoms with van der Waals surface area (Å²) in [4.78, 5) is 17.9. The molecule has 0 radical (unpaired) electrons. The van der Waals surface area contributed by atoms with Crippen LogP contribution in [0.5, 0.6) is 5.75 Å². The Labute approximate surface area is 215 Å². The summed E-state index contributed by atoms with van der Waals surface area (Å²) in [6.45, 7) is 3.10. The average molecular weight is 529 g/mol. The van der Waals surface area contributed by atoms with Crippen LogP contribution < -0.4 is 4.74 Å². The zero-order valence-corrected chi connectivity index (χ0v) is 21.4. The van der Waals surface area contributed by atoms with E-state index in [1.165, 1.54) is 11.1 Å². The van der Waals surface area contributed by atoms with Gasteiger partial charge in [-0.15, -0.1) is 0 Å². The Balaban J connectivity index is 1.33. The van der Waals surface area contributed by atoms with Crippen LogP contribution in [-0.2, 0) is 11.2 Å². The number of carbonyl (C=O) groups excluding carboxylic acids is 1. The number of methoxy groups -OCH3 is 1. The Morgan fingerprint density at radius 3 is 2.09 bits per heavy atom. The van der Waals surface area contributed by atoms with Crippen LogP contribution in [0.3, 0.4) is 0 Å². The molecule has 4 aromatic rings. The number of hydrogen-bond acceptors (Lipinski definition) is 3. The number of ether oxygens (including phenoxy) is 1. The summed E-state index contributed by atoms with van der Waals surface area (Å²) in [6.07, 6.45) is 0.336. The Bertz CT molecular complexity index is 1260. The fourth-order valence-corrected chi connectivity index (χ4v) is 5.47. The molecule has 0 atom stereocenters. The first-order chi connectivity index (χ1) is 17.1. The Kier molecular flexibility index (Phi) is 7.16. The zero-order valence-electron chi connectivity index (χ0n) is 19.9. The SMILES string of the molecule is COc1ccc2cc(Br)ccc2c1CC(=O)N1CCN(C(c2ccccc2)c2ccccc2)CC1. The van der Waals surface area contributed by atoms with Crippen molar-refractivity contribution in [3.8, 4) is 5.75 Å². The number of hydrogen-bond donors (Lipinski definition) is 0. The summed E-state index contributed by atoms with van der Waals surface area (Å²) >= 11 is 3.55. The maximum absolute atomic E-state index is 13.4. The second-order valence-corrected chi connectivity index (χ2v) is 9.84. The van der Waals surface area contributed by atoms with Gasteiger partial charge in [-0.1, -0.05) is 88.7 Å². The first-order valence-corrected chi connectivity index (χ1v) is 12.8. The van der Waals surface area contributed by atoms with Crippen LogP contribution in [0.4, 0.5) is 0 Å². The van der Waals surface area contributed by atoms with Gasteiger partial charge < -0.3 is 9.64 Å². The van der Waals surface area contributed by atoms with Crippen molar-refractivity contribution in [1.82, 2.24) is 9.80 Å². The van der Waals surface area contributed by atoms with Gasteiger partial charge in [0.05, 0.1) is 19.6 Å². The number of nitrogens with zero attached hydrogens (tertiary/aromatic N) is 2. The molecule has 0 spiro atoms. The Morgan fingerprint density at radius 1 is 0.857 bits per heavy atom. The van der Waals surface area contributed by atoms with Gasteiger partial charge in [0.25, 0.3) is 0 Å². The van der Waals surface area contributed by atoms with Crippen LogP contribution >= 0.6 is 15.9 Å². The van der Waals surface area contributed by atoms with Crippen LogP contribution in [0, 0.1) is 0 Å². The van der Waals surface area contributed by atoms with Gasteiger partial charge in [-0.3, -0.25) is 9.69 Å². The van der Waals surface area contributed by atoms with E-state index >= 15 is 0 Å². The molecule has 178 valence electrons. The van der Waals surface area contributed by atoms with Crippen molar-refractivity contribution in [2.75, 3.05) is 33.3 Å². The molecule has 0 aromatic heterocycles. The van der Waals surface area contributed by atoms with Gasteiger partial charge in [0.2, 0.25) is 5.91 Å². The van der Waals surface area contributed by atoms with Crippen LogP contribution in [0.2, 0.25) is 0 Å². The van der Waals surface area contributed by atoms with E-state index in [2.05, 4.69) is 93.6 Å². The quantitative estimate of drug-likeness (QED) is 0.303. The molecular weight excluding hydrogens is 500 g/mol. The third kappa shape index (κ3) is 5.12. The summed E-state index contributed by atoms with van der Waals surface area (Å²) in [7, 11) is 1.67. The van der Waals surface area contributed by atoms with Gasteiger partial charge >= 0.3 is 0 Å². The van der Waals surface area contributed by atoms with Crippen LogP contribution in [0.15, 0.2) is 95.5 Å². The molecule has 1 fully saturated rings. The fourth-order valence-electron chi connectivity index (χ4n) is 5.10. The van der Waals surface area contributed by atoms with Gasteiger partial charge in [-0.05, 0) is 40.1 Å². The lowest BCUT2D eigenvalue weighted by Gasteiger charge is -2.40. The summed E-state index contributed by atoms with van der Waals surface area (Å²) in [6, 6.07) is 31.6. The third-order valence-corrected chi connectivity index (χ3v) is 7.35. The Morgan fingerprint density at radius 2 is 1.49 bits per heavy atom. The molecule has 1 saturated heterocycles. The molecule has 0 unspecified atom stereocenters. The van der Waals surface area contributed by atoms with Gasteiger partial charge in [0.15, 0.2) is 0 Å². The van der Waals surface area contributed by atoms with Crippen molar-refractivity contribution in [1.29, 1.82) is 0 Å². The fraction of sp³-hybridized carbons (Fsp3) is 0.233. The maximum Gasteiger partial charge on any atom is 0.227 e. The highest BCUT2D eigenvalue weighted by Gasteiger charge is 2.28. The molecule has 0 saturated carbocycles. The van der Waals surface area contributed by atoms with Crippen LogP contribution in [0.1, 0.15) is 22.7 Å². The van der Waals surface area contributed by atoms with E-state index in [0.29, 0.717) is 19.5 Å². The standard InChI is InChI=1S/C30H29BrN2O2/c1-35-28-15-12-24-20-25(31)13-14-26(24)27(28)21-29(34)32-16-18-33(19-17-32)30(22-8-4-2-5-9-22)23-10-6-3-7-11-23/h2-15,20,30H,16-19,21H2,1H3. The lowest BCUT2D eigenvalue weighted by molar-refractivity contribution is -0.132. The number of halogens is 1. The molecule has 5 heteroatoms. The molecule has 35 heavy (non-hydrogen) atoms. The normalized spacial score (nSPS) is 14.4. The predicted octanol–water partition coefficient (Wildman–Crippen LogP) is 6.09. The molecular formula is C30H29BrN2O2. The first kappa shape index (κ1) is 23.6. The van der Waals surface area contributed by atoms with Crippen LogP contribution in [0.25, 0.3) is 10.8 Å². The van der Waals surface area contributed by atoms with E-state index in [9.17, 15) is 4.79 Å². The van der Waals surface area contributed by atoms with Crippen molar-refractivity contribution < 1.29 is 9.53 Å².